The van der Waals surface area contributed by atoms with Crippen molar-refractivity contribution in [3.8, 4) is 5.75 Å². The van der Waals surface area contributed by atoms with Gasteiger partial charge in [0.05, 0.1) is 6.42 Å². The van der Waals surface area contributed by atoms with Crippen molar-refractivity contribution in [3.63, 3.8) is 0 Å². The first-order valence-electron chi connectivity index (χ1n) is 12.5. The summed E-state index contributed by atoms with van der Waals surface area (Å²) in [7, 11) is 0. The van der Waals surface area contributed by atoms with Crippen molar-refractivity contribution in [2.45, 2.75) is 104 Å². The predicted octanol–water partition coefficient (Wildman–Crippen LogP) is 6.67. The Balaban J connectivity index is 1.83. The number of carbonyl (C=O) groups excluding carboxylic acids is 1. The predicted molar refractivity (Wildman–Crippen MR) is 129 cm³/mol. The molecule has 1 N–H and O–H groups in total. The number of ether oxygens (including phenoxy) is 3. The van der Waals surface area contributed by atoms with Gasteiger partial charge in [0, 0.05) is 24.4 Å². The van der Waals surface area contributed by atoms with Gasteiger partial charge in [0.1, 0.15) is 17.5 Å². The standard InChI is InChI=1S/C27H43NO4/c1-7-28-20-13-14-22-21(17-20)24(30-16-15-19-11-9-8-10-12-19)25(27(5,6)32-22)31-23(29)18-26(2,3)4/h13-14,17,19,24-25,28H,7-12,15-16,18H2,1-6H3. The quantitative estimate of drug-likeness (QED) is 0.453. The van der Waals surface area contributed by atoms with E-state index >= 15 is 0 Å². The molecule has 0 amide bonds. The molecule has 0 saturated heterocycles. The van der Waals surface area contributed by atoms with E-state index in [1.807, 2.05) is 46.8 Å². The van der Waals surface area contributed by atoms with Crippen molar-refractivity contribution < 1.29 is 19.0 Å². The van der Waals surface area contributed by atoms with Crippen LogP contribution in [0.15, 0.2) is 18.2 Å². The minimum Gasteiger partial charge on any atom is -0.483 e. The highest BCUT2D eigenvalue weighted by Crippen LogP contribution is 2.45. The summed E-state index contributed by atoms with van der Waals surface area (Å²) in [6.45, 7) is 13.7. The molecule has 5 heteroatoms. The second-order valence-corrected chi connectivity index (χ2v) is 11.2. The minimum atomic E-state index is -0.685. The Bertz CT molecular complexity index is 761. The molecule has 2 atom stereocenters. The Morgan fingerprint density at radius 2 is 1.91 bits per heavy atom. The first-order valence-corrected chi connectivity index (χ1v) is 12.5. The lowest BCUT2D eigenvalue weighted by molar-refractivity contribution is -0.186. The SMILES string of the molecule is CCNc1ccc2c(c1)C(OCCC1CCCCC1)C(OC(=O)CC(C)(C)C)C(C)(C)O2. The third kappa shape index (κ3) is 6.63. The molecular formula is C27H43NO4. The molecule has 0 spiro atoms. The van der Waals surface area contributed by atoms with Gasteiger partial charge < -0.3 is 19.5 Å². The number of nitrogens with one attached hydrogen (secondary N) is 1. The van der Waals surface area contributed by atoms with Crippen LogP contribution in [0.3, 0.4) is 0 Å². The largest absolute Gasteiger partial charge is 0.483 e. The van der Waals surface area contributed by atoms with Gasteiger partial charge in [-0.2, -0.15) is 0 Å². The smallest absolute Gasteiger partial charge is 0.306 e. The highest BCUT2D eigenvalue weighted by atomic mass is 16.6. The monoisotopic (exact) mass is 445 g/mol. The molecule has 32 heavy (non-hydrogen) atoms. The van der Waals surface area contributed by atoms with Gasteiger partial charge in [-0.3, -0.25) is 4.79 Å². The molecule has 1 aromatic carbocycles. The fraction of sp³-hybridized carbons (Fsp3) is 0.741. The number of anilines is 1. The third-order valence-electron chi connectivity index (χ3n) is 6.51. The summed E-state index contributed by atoms with van der Waals surface area (Å²) in [5.74, 6) is 1.35. The van der Waals surface area contributed by atoms with E-state index in [0.29, 0.717) is 13.0 Å². The van der Waals surface area contributed by atoms with Crippen LogP contribution in [0.2, 0.25) is 0 Å². The number of fused-ring (bicyclic) bond motifs is 1. The molecule has 1 aromatic rings. The highest BCUT2D eigenvalue weighted by Gasteiger charge is 2.47. The normalized spacial score (nSPS) is 23.2. The highest BCUT2D eigenvalue weighted by molar-refractivity contribution is 5.70. The molecule has 1 aliphatic heterocycles. The zero-order valence-electron chi connectivity index (χ0n) is 21.0. The molecule has 180 valence electrons. The van der Waals surface area contributed by atoms with Crippen LogP contribution >= 0.6 is 0 Å². The molecule has 1 aliphatic carbocycles. The van der Waals surface area contributed by atoms with Crippen LogP contribution in [0, 0.1) is 11.3 Å². The Morgan fingerprint density at radius 1 is 1.19 bits per heavy atom. The average molecular weight is 446 g/mol. The molecule has 5 nitrogen and oxygen atoms in total. The van der Waals surface area contributed by atoms with Crippen LogP contribution in [-0.4, -0.2) is 30.8 Å². The van der Waals surface area contributed by atoms with Crippen molar-refractivity contribution in [3.05, 3.63) is 23.8 Å². The molecule has 0 radical (unpaired) electrons. The second-order valence-electron chi connectivity index (χ2n) is 11.2. The lowest BCUT2D eigenvalue weighted by Gasteiger charge is -2.44. The van der Waals surface area contributed by atoms with Crippen molar-refractivity contribution in [2.24, 2.45) is 11.3 Å². The lowest BCUT2D eigenvalue weighted by atomic mass is 9.86. The maximum absolute atomic E-state index is 12.8. The summed E-state index contributed by atoms with van der Waals surface area (Å²) in [4.78, 5) is 12.8. The molecular weight excluding hydrogens is 402 g/mol. The zero-order chi connectivity index (χ0) is 23.4. The number of hydrogen-bond acceptors (Lipinski definition) is 5. The van der Waals surface area contributed by atoms with E-state index in [1.54, 1.807) is 0 Å². The third-order valence-corrected chi connectivity index (χ3v) is 6.51. The van der Waals surface area contributed by atoms with Gasteiger partial charge in [-0.1, -0.05) is 52.9 Å². The summed E-state index contributed by atoms with van der Waals surface area (Å²) in [6.07, 6.45) is 7.18. The summed E-state index contributed by atoms with van der Waals surface area (Å²) >= 11 is 0. The number of benzene rings is 1. The zero-order valence-corrected chi connectivity index (χ0v) is 21.0. The molecule has 3 rings (SSSR count). The van der Waals surface area contributed by atoms with Gasteiger partial charge in [0.2, 0.25) is 0 Å². The van der Waals surface area contributed by atoms with Crippen LogP contribution in [0.4, 0.5) is 5.69 Å². The second kappa shape index (κ2) is 10.5. The van der Waals surface area contributed by atoms with Crippen LogP contribution in [0.1, 0.15) is 98.2 Å². The van der Waals surface area contributed by atoms with Crippen molar-refractivity contribution >= 4 is 11.7 Å². The van der Waals surface area contributed by atoms with Crippen molar-refractivity contribution in [2.75, 3.05) is 18.5 Å². The van der Waals surface area contributed by atoms with Crippen LogP contribution in [-0.2, 0) is 14.3 Å². The van der Waals surface area contributed by atoms with Gasteiger partial charge in [0.15, 0.2) is 6.10 Å². The summed E-state index contributed by atoms with van der Waals surface area (Å²) < 4.78 is 19.0. The molecule has 0 bridgehead atoms. The molecule has 2 aliphatic rings. The van der Waals surface area contributed by atoms with E-state index in [0.717, 1.165) is 35.9 Å². The van der Waals surface area contributed by atoms with Gasteiger partial charge in [-0.25, -0.2) is 0 Å². The fourth-order valence-corrected chi connectivity index (χ4v) is 4.88. The van der Waals surface area contributed by atoms with Gasteiger partial charge in [-0.15, -0.1) is 0 Å². The van der Waals surface area contributed by atoms with Gasteiger partial charge in [-0.05, 0) is 56.7 Å². The van der Waals surface area contributed by atoms with Gasteiger partial charge in [0.25, 0.3) is 0 Å². The number of esters is 1. The fourth-order valence-electron chi connectivity index (χ4n) is 4.88. The molecule has 1 saturated carbocycles. The van der Waals surface area contributed by atoms with E-state index in [4.69, 9.17) is 14.2 Å². The minimum absolute atomic E-state index is 0.135. The van der Waals surface area contributed by atoms with Crippen LogP contribution in [0.5, 0.6) is 5.75 Å². The lowest BCUT2D eigenvalue weighted by Crippen LogP contribution is -2.52. The molecule has 2 unspecified atom stereocenters. The topological polar surface area (TPSA) is 56.8 Å². The van der Waals surface area contributed by atoms with E-state index in [9.17, 15) is 4.79 Å². The van der Waals surface area contributed by atoms with Crippen molar-refractivity contribution in [1.82, 2.24) is 0 Å². The number of carbonyl (C=O) groups is 1. The Morgan fingerprint density at radius 3 is 2.56 bits per heavy atom. The van der Waals surface area contributed by atoms with E-state index < -0.39 is 11.7 Å². The number of rotatable bonds is 8. The Labute approximate surface area is 194 Å². The molecule has 0 aromatic heterocycles. The summed E-state index contributed by atoms with van der Waals surface area (Å²) in [5, 5.41) is 3.37. The van der Waals surface area contributed by atoms with E-state index in [2.05, 4.69) is 18.3 Å². The Kier molecular flexibility index (Phi) is 8.13. The first-order chi connectivity index (χ1) is 15.1. The maximum atomic E-state index is 12.8. The van der Waals surface area contributed by atoms with Crippen LogP contribution < -0.4 is 10.1 Å². The van der Waals surface area contributed by atoms with Gasteiger partial charge >= 0.3 is 5.97 Å². The van der Waals surface area contributed by atoms with Crippen molar-refractivity contribution in [1.29, 1.82) is 0 Å². The summed E-state index contributed by atoms with van der Waals surface area (Å²) in [6, 6.07) is 6.12. The maximum Gasteiger partial charge on any atom is 0.306 e. The van der Waals surface area contributed by atoms with Crippen LogP contribution in [0.25, 0.3) is 0 Å². The Hall–Kier alpha value is -1.75. The molecule has 1 fully saturated rings. The average Bonchev–Trinajstić information content (AvgIpc) is 2.70. The number of hydrogen-bond donors (Lipinski definition) is 1. The van der Waals surface area contributed by atoms with E-state index in [-0.39, 0.29) is 17.5 Å². The molecule has 1 heterocycles. The van der Waals surface area contributed by atoms with E-state index in [1.165, 1.54) is 32.1 Å². The first kappa shape index (κ1) is 24.9. The summed E-state index contributed by atoms with van der Waals surface area (Å²) in [5.41, 5.74) is 1.16.